The smallest absolute Gasteiger partial charge is 0.266 e. The first-order valence-electron chi connectivity index (χ1n) is 9.62. The number of carbonyl (C=O) groups is 1. The average molecular weight is 494 g/mol. The molecule has 0 radical (unpaired) electrons. The van der Waals surface area contributed by atoms with E-state index in [0.29, 0.717) is 22.0 Å². The topological polar surface area (TPSA) is 71.7 Å². The van der Waals surface area contributed by atoms with Crippen LogP contribution in [0.15, 0.2) is 33.5 Å². The molecule has 2 aromatic heterocycles. The molecule has 0 spiro atoms. The van der Waals surface area contributed by atoms with E-state index < -0.39 is 22.0 Å². The minimum atomic E-state index is -3.81. The van der Waals surface area contributed by atoms with E-state index in [9.17, 15) is 13.2 Å². The average Bonchev–Trinajstić information content (AvgIpc) is 3.42. The number of rotatable bonds is 4. The van der Waals surface area contributed by atoms with E-state index in [2.05, 4.69) is 17.0 Å². The monoisotopic (exact) mass is 493 g/mol. The fraction of sp³-hybridized carbons (Fsp3) is 0.333. The molecule has 1 aromatic carbocycles. The molecular formula is C21H20ClN3O3S3. The fourth-order valence-electron chi connectivity index (χ4n) is 3.84. The van der Waals surface area contributed by atoms with Gasteiger partial charge in [0, 0.05) is 6.54 Å². The molecular weight excluding hydrogens is 474 g/mol. The number of benzene rings is 1. The molecule has 1 atom stereocenters. The third kappa shape index (κ3) is 4.11. The highest BCUT2D eigenvalue weighted by Crippen LogP contribution is 2.32. The van der Waals surface area contributed by atoms with Crippen LogP contribution in [0.4, 0.5) is 0 Å². The lowest BCUT2D eigenvalue weighted by atomic mass is 10.1. The zero-order valence-electron chi connectivity index (χ0n) is 17.0. The zero-order chi connectivity index (χ0) is 22.3. The summed E-state index contributed by atoms with van der Waals surface area (Å²) in [4.78, 5) is 18.0. The van der Waals surface area contributed by atoms with Gasteiger partial charge in [-0.1, -0.05) is 34.9 Å². The molecule has 1 fully saturated rings. The number of sulfonamides is 1. The van der Waals surface area contributed by atoms with Crippen molar-refractivity contribution in [2.75, 3.05) is 6.54 Å². The molecule has 10 heteroatoms. The molecule has 1 saturated heterocycles. The number of aromatic nitrogens is 1. The van der Waals surface area contributed by atoms with Crippen molar-refractivity contribution in [3.8, 4) is 12.3 Å². The number of halogens is 1. The van der Waals surface area contributed by atoms with Gasteiger partial charge in [-0.2, -0.15) is 9.30 Å². The first-order chi connectivity index (χ1) is 14.7. The van der Waals surface area contributed by atoms with Gasteiger partial charge in [0.25, 0.3) is 15.9 Å². The van der Waals surface area contributed by atoms with Crippen molar-refractivity contribution in [3.63, 3.8) is 0 Å². The lowest BCUT2D eigenvalue weighted by molar-refractivity contribution is -0.121. The molecule has 0 saturated carbocycles. The van der Waals surface area contributed by atoms with Crippen LogP contribution in [0.2, 0.25) is 4.34 Å². The summed E-state index contributed by atoms with van der Waals surface area (Å²) in [5.74, 6) is 2.15. The Morgan fingerprint density at radius 2 is 2.10 bits per heavy atom. The van der Waals surface area contributed by atoms with Crippen LogP contribution in [0.5, 0.6) is 0 Å². The Hall–Kier alpha value is -1.96. The molecule has 1 aliphatic rings. The van der Waals surface area contributed by atoms with Gasteiger partial charge in [0.15, 0.2) is 4.80 Å². The predicted octanol–water partition coefficient (Wildman–Crippen LogP) is 3.95. The van der Waals surface area contributed by atoms with Crippen LogP contribution >= 0.6 is 34.3 Å². The molecule has 3 heterocycles. The van der Waals surface area contributed by atoms with Gasteiger partial charge in [0.2, 0.25) is 0 Å². The lowest BCUT2D eigenvalue weighted by Crippen LogP contribution is -2.40. The van der Waals surface area contributed by atoms with Crippen LogP contribution in [0, 0.1) is 26.2 Å². The van der Waals surface area contributed by atoms with Crippen LogP contribution in [0.1, 0.15) is 24.0 Å². The SMILES string of the molecule is C#CCn1c(=NC(=O)C2CCCN2S(=O)(=O)c2ccc(Cl)s2)sc2c(C)cc(C)cc21. The van der Waals surface area contributed by atoms with Crippen molar-refractivity contribution in [2.45, 2.75) is 43.5 Å². The van der Waals surface area contributed by atoms with Gasteiger partial charge >= 0.3 is 0 Å². The van der Waals surface area contributed by atoms with E-state index in [1.54, 1.807) is 6.07 Å². The van der Waals surface area contributed by atoms with Crippen LogP contribution in [0.25, 0.3) is 10.2 Å². The number of thiophene rings is 1. The van der Waals surface area contributed by atoms with Crippen molar-refractivity contribution >= 4 is 60.4 Å². The third-order valence-electron chi connectivity index (χ3n) is 5.17. The third-order valence-corrected chi connectivity index (χ3v) is 10.0. The second-order valence-electron chi connectivity index (χ2n) is 7.39. The number of hydrogen-bond acceptors (Lipinski definition) is 5. The first kappa shape index (κ1) is 22.2. The van der Waals surface area contributed by atoms with E-state index in [1.165, 1.54) is 21.7 Å². The summed E-state index contributed by atoms with van der Waals surface area (Å²) in [5, 5.41) is 0. The summed E-state index contributed by atoms with van der Waals surface area (Å²) in [7, 11) is -3.81. The predicted molar refractivity (Wildman–Crippen MR) is 125 cm³/mol. The number of nitrogens with zero attached hydrogens (tertiary/aromatic N) is 3. The Balaban J connectivity index is 1.76. The Labute approximate surface area is 193 Å². The molecule has 6 nitrogen and oxygen atoms in total. The van der Waals surface area contributed by atoms with Crippen LogP contribution in [-0.4, -0.2) is 35.8 Å². The Morgan fingerprint density at radius 1 is 1.32 bits per heavy atom. The second kappa shape index (κ2) is 8.52. The van der Waals surface area contributed by atoms with Crippen LogP contribution in [0.3, 0.4) is 0 Å². The maximum atomic E-state index is 13.1. The standard InChI is InChI=1S/C21H20ClN3O3S3/c1-4-9-24-16-12-13(2)11-14(3)19(16)30-21(24)23-20(26)15-6-5-10-25(15)31(27,28)18-8-7-17(22)29-18/h1,7-8,11-12,15H,5-6,9-10H2,2-3H3. The molecule has 1 aliphatic heterocycles. The first-order valence-corrected chi connectivity index (χ1v) is 13.1. The number of terminal acetylenes is 1. The maximum absolute atomic E-state index is 13.1. The molecule has 162 valence electrons. The van der Waals surface area contributed by atoms with E-state index >= 15 is 0 Å². The summed E-state index contributed by atoms with van der Waals surface area (Å²) >= 11 is 8.30. The van der Waals surface area contributed by atoms with Crippen molar-refractivity contribution in [1.82, 2.24) is 8.87 Å². The van der Waals surface area contributed by atoms with E-state index in [0.717, 1.165) is 32.7 Å². The van der Waals surface area contributed by atoms with Gasteiger partial charge in [0.1, 0.15) is 10.3 Å². The summed E-state index contributed by atoms with van der Waals surface area (Å²) in [5.41, 5.74) is 3.10. The minimum absolute atomic E-state index is 0.132. The Morgan fingerprint density at radius 3 is 2.77 bits per heavy atom. The number of hydrogen-bond donors (Lipinski definition) is 0. The summed E-state index contributed by atoms with van der Waals surface area (Å²) < 4.78 is 30.7. The van der Waals surface area contributed by atoms with Crippen molar-refractivity contribution in [2.24, 2.45) is 4.99 Å². The van der Waals surface area contributed by atoms with Crippen molar-refractivity contribution in [1.29, 1.82) is 0 Å². The lowest BCUT2D eigenvalue weighted by Gasteiger charge is -2.20. The van der Waals surface area contributed by atoms with Gasteiger partial charge in [-0.15, -0.1) is 17.8 Å². The second-order valence-corrected chi connectivity index (χ2v) is 12.2. The summed E-state index contributed by atoms with van der Waals surface area (Å²) in [6.45, 7) is 4.56. The molecule has 0 bridgehead atoms. The minimum Gasteiger partial charge on any atom is -0.305 e. The number of aryl methyl sites for hydroxylation is 2. The number of thiazole rings is 1. The van der Waals surface area contributed by atoms with Gasteiger partial charge in [-0.05, 0) is 56.0 Å². The van der Waals surface area contributed by atoms with Gasteiger partial charge in [-0.25, -0.2) is 8.42 Å². The van der Waals surface area contributed by atoms with Crippen LogP contribution in [-0.2, 0) is 21.4 Å². The number of fused-ring (bicyclic) bond motifs is 1. The fourth-order valence-corrected chi connectivity index (χ4v) is 8.19. The highest BCUT2D eigenvalue weighted by molar-refractivity contribution is 7.91. The molecule has 31 heavy (non-hydrogen) atoms. The van der Waals surface area contributed by atoms with E-state index in [4.69, 9.17) is 18.0 Å². The van der Waals surface area contributed by atoms with Gasteiger partial charge in [-0.3, -0.25) is 4.79 Å². The van der Waals surface area contributed by atoms with E-state index in [-0.39, 0.29) is 17.3 Å². The largest absolute Gasteiger partial charge is 0.305 e. The Bertz CT molecular complexity index is 1390. The summed E-state index contributed by atoms with van der Waals surface area (Å²) in [6, 6.07) is 6.27. The van der Waals surface area contributed by atoms with Crippen molar-refractivity contribution < 1.29 is 13.2 Å². The quantitative estimate of drug-likeness (QED) is 0.517. The zero-order valence-corrected chi connectivity index (χ0v) is 20.2. The van der Waals surface area contributed by atoms with Gasteiger partial charge in [0.05, 0.1) is 21.1 Å². The van der Waals surface area contributed by atoms with Gasteiger partial charge < -0.3 is 4.57 Å². The molecule has 0 N–H and O–H groups in total. The highest BCUT2D eigenvalue weighted by Gasteiger charge is 2.40. The molecule has 0 aliphatic carbocycles. The molecule has 3 aromatic rings. The van der Waals surface area contributed by atoms with Crippen LogP contribution < -0.4 is 4.80 Å². The number of carbonyl (C=O) groups excluding carboxylic acids is 1. The number of amides is 1. The Kier molecular flexibility index (Phi) is 6.12. The molecule has 4 rings (SSSR count). The normalized spacial score (nSPS) is 18.0. The van der Waals surface area contributed by atoms with E-state index in [1.807, 2.05) is 24.5 Å². The molecule has 1 amide bonds. The molecule has 1 unspecified atom stereocenters. The highest BCUT2D eigenvalue weighted by atomic mass is 35.5. The summed E-state index contributed by atoms with van der Waals surface area (Å²) in [6.07, 6.45) is 6.59. The van der Waals surface area contributed by atoms with Crippen molar-refractivity contribution in [3.05, 3.63) is 44.5 Å². The maximum Gasteiger partial charge on any atom is 0.266 e.